The van der Waals surface area contributed by atoms with Crippen LogP contribution in [0.5, 0.6) is 0 Å². The van der Waals surface area contributed by atoms with E-state index in [1.807, 2.05) is 23.5 Å². The molecule has 4 nitrogen and oxygen atoms in total. The molecule has 2 fully saturated rings. The predicted octanol–water partition coefficient (Wildman–Crippen LogP) is 3.98. The van der Waals surface area contributed by atoms with Crippen molar-refractivity contribution in [2.24, 2.45) is 5.92 Å². The molecule has 2 aromatic rings. The van der Waals surface area contributed by atoms with E-state index in [2.05, 4.69) is 33.8 Å². The Balaban J connectivity index is 1.40. The van der Waals surface area contributed by atoms with Crippen LogP contribution in [0.1, 0.15) is 55.8 Å². The zero-order valence-corrected chi connectivity index (χ0v) is 14.8. The number of amides is 1. The number of likely N-dealkylation sites (tertiary alicyclic amines) is 1. The fourth-order valence-electron chi connectivity index (χ4n) is 4.43. The first-order valence-electron chi connectivity index (χ1n) is 9.62. The zero-order chi connectivity index (χ0) is 17.1. The number of hydrogen-bond donors (Lipinski definition) is 0. The minimum absolute atomic E-state index is 0.289. The Labute approximate surface area is 149 Å². The molecule has 1 unspecified atom stereocenters. The molecule has 0 N–H and O–H groups in total. The van der Waals surface area contributed by atoms with Gasteiger partial charge < -0.3 is 9.47 Å². The summed E-state index contributed by atoms with van der Waals surface area (Å²) in [5, 5.41) is 0. The van der Waals surface area contributed by atoms with Gasteiger partial charge in [0.25, 0.3) is 0 Å². The molecule has 1 aliphatic heterocycles. The van der Waals surface area contributed by atoms with Crippen LogP contribution in [0.25, 0.3) is 0 Å². The summed E-state index contributed by atoms with van der Waals surface area (Å²) in [4.78, 5) is 18.9. The Morgan fingerprint density at radius 1 is 1.08 bits per heavy atom. The third kappa shape index (κ3) is 3.78. The maximum absolute atomic E-state index is 12.5. The Morgan fingerprint density at radius 3 is 2.68 bits per heavy atom. The lowest BCUT2D eigenvalue weighted by Gasteiger charge is -2.26. The van der Waals surface area contributed by atoms with Crippen molar-refractivity contribution in [2.75, 3.05) is 6.54 Å². The van der Waals surface area contributed by atoms with E-state index in [1.165, 1.54) is 43.4 Å². The van der Waals surface area contributed by atoms with E-state index < -0.39 is 0 Å². The molecule has 2 heterocycles. The van der Waals surface area contributed by atoms with Crippen molar-refractivity contribution < 1.29 is 4.79 Å². The summed E-state index contributed by atoms with van der Waals surface area (Å²) in [5.41, 5.74) is 2.52. The number of hydrogen-bond acceptors (Lipinski definition) is 2. The van der Waals surface area contributed by atoms with Gasteiger partial charge in [-0.15, -0.1) is 0 Å². The summed E-state index contributed by atoms with van der Waals surface area (Å²) in [6.45, 7) is 1.57. The topological polar surface area (TPSA) is 38.1 Å². The average molecular weight is 337 g/mol. The average Bonchev–Trinajstić information content (AvgIpc) is 3.24. The number of aromatic nitrogens is 2. The predicted molar refractivity (Wildman–Crippen MR) is 98.0 cm³/mol. The van der Waals surface area contributed by atoms with Crippen LogP contribution in [0.3, 0.4) is 0 Å². The summed E-state index contributed by atoms with van der Waals surface area (Å²) in [6, 6.07) is 11.1. The van der Waals surface area contributed by atoms with Crippen LogP contribution in [0, 0.1) is 5.92 Å². The molecule has 1 saturated carbocycles. The highest BCUT2D eigenvalue weighted by Crippen LogP contribution is 2.30. The van der Waals surface area contributed by atoms with Gasteiger partial charge in [-0.3, -0.25) is 4.79 Å². The summed E-state index contributed by atoms with van der Waals surface area (Å²) >= 11 is 0. The molecule has 132 valence electrons. The summed E-state index contributed by atoms with van der Waals surface area (Å²) < 4.78 is 2.33. The van der Waals surface area contributed by atoms with Gasteiger partial charge in [0.1, 0.15) is 0 Å². The Morgan fingerprint density at radius 2 is 1.88 bits per heavy atom. The number of rotatable bonds is 5. The van der Waals surface area contributed by atoms with Crippen molar-refractivity contribution in [1.82, 2.24) is 14.5 Å². The highest BCUT2D eigenvalue weighted by atomic mass is 16.2. The van der Waals surface area contributed by atoms with E-state index >= 15 is 0 Å². The molecule has 1 aliphatic carbocycles. The summed E-state index contributed by atoms with van der Waals surface area (Å²) in [7, 11) is 0. The Hall–Kier alpha value is -2.10. The third-order valence-corrected chi connectivity index (χ3v) is 5.73. The van der Waals surface area contributed by atoms with E-state index in [4.69, 9.17) is 0 Å². The van der Waals surface area contributed by atoms with Gasteiger partial charge in [-0.05, 0) is 30.7 Å². The van der Waals surface area contributed by atoms with E-state index in [9.17, 15) is 4.79 Å². The summed E-state index contributed by atoms with van der Waals surface area (Å²) in [5.74, 6) is 0.721. The lowest BCUT2D eigenvalue weighted by Crippen LogP contribution is -2.27. The van der Waals surface area contributed by atoms with Crippen molar-refractivity contribution in [3.05, 3.63) is 54.1 Å². The van der Waals surface area contributed by atoms with Gasteiger partial charge in [-0.2, -0.15) is 0 Å². The first kappa shape index (κ1) is 16.4. The molecule has 0 bridgehead atoms. The fourth-order valence-corrected chi connectivity index (χ4v) is 4.43. The first-order valence-corrected chi connectivity index (χ1v) is 9.62. The summed E-state index contributed by atoms with van der Waals surface area (Å²) in [6.07, 6.45) is 12.0. The standard InChI is InChI=1S/C21H27N3O/c25-21-12-18(11-17-7-3-1-4-8-17)14-23(21)15-20-13-22-16-24(20)19-9-5-2-6-10-19/h1,3-4,7-8,13,16,18-19H,2,5-6,9-12,14-15H2. The molecule has 25 heavy (non-hydrogen) atoms. The van der Waals surface area contributed by atoms with Crippen molar-refractivity contribution in [2.45, 2.75) is 57.5 Å². The lowest BCUT2D eigenvalue weighted by atomic mass is 9.95. The second-order valence-corrected chi connectivity index (χ2v) is 7.62. The molecular formula is C21H27N3O. The molecular weight excluding hydrogens is 310 g/mol. The van der Waals surface area contributed by atoms with Gasteiger partial charge in [0.15, 0.2) is 0 Å². The zero-order valence-electron chi connectivity index (χ0n) is 14.8. The Bertz CT molecular complexity index is 703. The maximum Gasteiger partial charge on any atom is 0.223 e. The number of carbonyl (C=O) groups is 1. The van der Waals surface area contributed by atoms with E-state index in [1.54, 1.807) is 0 Å². The molecule has 1 saturated heterocycles. The minimum atomic E-state index is 0.289. The molecule has 0 spiro atoms. The van der Waals surface area contributed by atoms with Crippen molar-refractivity contribution >= 4 is 5.91 Å². The largest absolute Gasteiger partial charge is 0.337 e. The van der Waals surface area contributed by atoms with E-state index in [-0.39, 0.29) is 5.91 Å². The lowest BCUT2D eigenvalue weighted by molar-refractivity contribution is -0.128. The SMILES string of the molecule is O=C1CC(Cc2ccccc2)CN1Cc1cncn1C1CCCCC1. The van der Waals surface area contributed by atoms with Gasteiger partial charge in [0.2, 0.25) is 5.91 Å². The highest BCUT2D eigenvalue weighted by molar-refractivity contribution is 5.78. The van der Waals surface area contributed by atoms with Crippen molar-refractivity contribution in [3.8, 4) is 0 Å². The molecule has 1 aromatic carbocycles. The van der Waals surface area contributed by atoms with E-state index in [0.717, 1.165) is 13.0 Å². The highest BCUT2D eigenvalue weighted by Gasteiger charge is 2.30. The molecule has 1 amide bonds. The van der Waals surface area contributed by atoms with Crippen LogP contribution in [0.4, 0.5) is 0 Å². The van der Waals surface area contributed by atoms with Crippen LogP contribution in [0.2, 0.25) is 0 Å². The molecule has 0 radical (unpaired) electrons. The molecule has 4 rings (SSSR count). The number of carbonyl (C=O) groups excluding carboxylic acids is 1. The monoisotopic (exact) mass is 337 g/mol. The van der Waals surface area contributed by atoms with Gasteiger partial charge in [0, 0.05) is 25.2 Å². The molecule has 1 aromatic heterocycles. The first-order chi connectivity index (χ1) is 12.3. The van der Waals surface area contributed by atoms with Crippen LogP contribution >= 0.6 is 0 Å². The van der Waals surface area contributed by atoms with Gasteiger partial charge in [-0.1, -0.05) is 49.6 Å². The van der Waals surface area contributed by atoms with Crippen molar-refractivity contribution in [1.29, 1.82) is 0 Å². The van der Waals surface area contributed by atoms with Crippen LogP contribution in [-0.2, 0) is 17.8 Å². The van der Waals surface area contributed by atoms with Gasteiger partial charge in [-0.25, -0.2) is 4.98 Å². The minimum Gasteiger partial charge on any atom is -0.337 e. The molecule has 1 atom stereocenters. The second kappa shape index (κ2) is 7.42. The normalized spacial score (nSPS) is 21.8. The number of imidazole rings is 1. The third-order valence-electron chi connectivity index (χ3n) is 5.73. The number of nitrogens with zero attached hydrogens (tertiary/aromatic N) is 3. The van der Waals surface area contributed by atoms with Gasteiger partial charge >= 0.3 is 0 Å². The Kier molecular flexibility index (Phi) is 4.86. The molecule has 2 aliphatic rings. The fraction of sp³-hybridized carbons (Fsp3) is 0.524. The number of benzene rings is 1. The maximum atomic E-state index is 12.5. The van der Waals surface area contributed by atoms with Crippen LogP contribution < -0.4 is 0 Å². The molecule has 4 heteroatoms. The van der Waals surface area contributed by atoms with Crippen LogP contribution in [0.15, 0.2) is 42.9 Å². The van der Waals surface area contributed by atoms with Crippen LogP contribution in [-0.4, -0.2) is 26.9 Å². The quantitative estimate of drug-likeness (QED) is 0.828. The smallest absolute Gasteiger partial charge is 0.223 e. The van der Waals surface area contributed by atoms with E-state index in [0.29, 0.717) is 24.9 Å². The second-order valence-electron chi connectivity index (χ2n) is 7.62. The van der Waals surface area contributed by atoms with Gasteiger partial charge in [0.05, 0.1) is 18.6 Å². The van der Waals surface area contributed by atoms with Crippen molar-refractivity contribution in [3.63, 3.8) is 0 Å².